The minimum absolute atomic E-state index is 0.116. The van der Waals surface area contributed by atoms with Gasteiger partial charge in [-0.2, -0.15) is 0 Å². The van der Waals surface area contributed by atoms with Crippen molar-refractivity contribution in [3.8, 4) is 0 Å². The molecule has 8 nitrogen and oxygen atoms in total. The minimum atomic E-state index is -2.53. The van der Waals surface area contributed by atoms with Crippen LogP contribution in [0.5, 0.6) is 0 Å². The van der Waals surface area contributed by atoms with Crippen LogP contribution in [-0.4, -0.2) is 48.3 Å². The molecule has 0 spiro atoms. The number of carbonyl (C=O) groups excluding carboxylic acids is 4. The highest BCUT2D eigenvalue weighted by atomic mass is 16.6. The molecule has 0 amide bonds. The zero-order valence-corrected chi connectivity index (χ0v) is 25.2. The number of hydrogen-bond acceptors (Lipinski definition) is 8. The van der Waals surface area contributed by atoms with E-state index in [2.05, 4.69) is 0 Å². The third kappa shape index (κ3) is 8.25. The molecule has 41 heavy (non-hydrogen) atoms. The molecule has 0 heterocycles. The predicted octanol–water partition coefficient (Wildman–Crippen LogP) is 6.89. The lowest BCUT2D eigenvalue weighted by molar-refractivity contribution is -0.203. The second-order valence-corrected chi connectivity index (χ2v) is 12.8. The predicted molar refractivity (Wildman–Crippen MR) is 153 cm³/mol. The third-order valence-electron chi connectivity index (χ3n) is 9.66. The summed E-state index contributed by atoms with van der Waals surface area (Å²) in [6, 6.07) is 0. The zero-order valence-electron chi connectivity index (χ0n) is 25.2. The average molecular weight is 577 g/mol. The number of hydrogen-bond donors (Lipinski definition) is 0. The van der Waals surface area contributed by atoms with Crippen LogP contribution < -0.4 is 0 Å². The molecule has 0 saturated heterocycles. The molecule has 8 heteroatoms. The highest BCUT2D eigenvalue weighted by molar-refractivity contribution is 6.20. The van der Waals surface area contributed by atoms with E-state index in [4.69, 9.17) is 18.9 Å². The number of carbonyl (C=O) groups is 4. The van der Waals surface area contributed by atoms with E-state index < -0.39 is 53.5 Å². The maximum Gasteiger partial charge on any atom is 0.336 e. The van der Waals surface area contributed by atoms with Gasteiger partial charge in [-0.25, -0.2) is 0 Å². The van der Waals surface area contributed by atoms with Crippen LogP contribution in [0.25, 0.3) is 0 Å². The van der Waals surface area contributed by atoms with Crippen molar-refractivity contribution >= 4 is 23.9 Å². The van der Waals surface area contributed by atoms with Crippen molar-refractivity contribution in [1.29, 1.82) is 0 Å². The molecule has 4 fully saturated rings. The molecule has 4 saturated carbocycles. The Morgan fingerprint density at radius 3 is 1.10 bits per heavy atom. The quantitative estimate of drug-likeness (QED) is 0.149. The summed E-state index contributed by atoms with van der Waals surface area (Å²) in [6.45, 7) is 1.87. The Balaban J connectivity index is 1.72. The van der Waals surface area contributed by atoms with Crippen LogP contribution in [-0.2, 0) is 38.1 Å². The van der Waals surface area contributed by atoms with Gasteiger partial charge in [-0.1, -0.05) is 39.0 Å². The normalized spacial score (nSPS) is 22.9. The largest absolute Gasteiger partial charge is 0.462 e. The van der Waals surface area contributed by atoms with Crippen LogP contribution >= 0.6 is 0 Å². The van der Waals surface area contributed by atoms with E-state index in [1.807, 2.05) is 6.92 Å². The summed E-state index contributed by atoms with van der Waals surface area (Å²) in [5.41, 5.74) is -2.53. The van der Waals surface area contributed by atoms with Crippen LogP contribution in [0.4, 0.5) is 0 Å². The summed E-state index contributed by atoms with van der Waals surface area (Å²) in [4.78, 5) is 57.1. The Bertz CT molecular complexity index is 782. The molecule has 1 unspecified atom stereocenters. The monoisotopic (exact) mass is 576 g/mol. The Morgan fingerprint density at radius 2 is 0.805 bits per heavy atom. The van der Waals surface area contributed by atoms with Gasteiger partial charge in [0, 0.05) is 0 Å². The van der Waals surface area contributed by atoms with Crippen LogP contribution in [0.3, 0.4) is 0 Å². The molecule has 4 rings (SSSR count). The Morgan fingerprint density at radius 1 is 0.512 bits per heavy atom. The van der Waals surface area contributed by atoms with E-state index in [1.54, 1.807) is 0 Å². The van der Waals surface area contributed by atoms with Crippen molar-refractivity contribution in [1.82, 2.24) is 0 Å². The lowest BCUT2D eigenvalue weighted by Gasteiger charge is -2.38. The SMILES string of the molecule is CCCC(C(=O)OC1CCCCC1)C(C(=O)OC1CCCCC1)(C(=O)OC1CCCCC1)C(=O)OC1CCCCC1. The molecule has 4 aliphatic carbocycles. The van der Waals surface area contributed by atoms with Gasteiger partial charge in [-0.15, -0.1) is 0 Å². The first-order chi connectivity index (χ1) is 19.9. The molecule has 0 aliphatic heterocycles. The fourth-order valence-corrected chi connectivity index (χ4v) is 7.19. The fraction of sp³-hybridized carbons (Fsp3) is 0.879. The zero-order chi connectivity index (χ0) is 29.1. The number of rotatable bonds is 11. The van der Waals surface area contributed by atoms with Gasteiger partial charge in [0.1, 0.15) is 24.4 Å². The Kier molecular flexibility index (Phi) is 12.4. The smallest absolute Gasteiger partial charge is 0.336 e. The molecular weight excluding hydrogens is 524 g/mol. The first kappa shape index (κ1) is 31.8. The highest BCUT2D eigenvalue weighted by Gasteiger charge is 2.66. The van der Waals surface area contributed by atoms with E-state index in [1.165, 1.54) is 0 Å². The van der Waals surface area contributed by atoms with Gasteiger partial charge >= 0.3 is 23.9 Å². The van der Waals surface area contributed by atoms with Gasteiger partial charge in [0.05, 0.1) is 5.92 Å². The van der Waals surface area contributed by atoms with E-state index >= 15 is 0 Å². The molecule has 0 N–H and O–H groups in total. The maximum atomic E-state index is 14.4. The highest BCUT2D eigenvalue weighted by Crippen LogP contribution is 2.41. The van der Waals surface area contributed by atoms with Crippen molar-refractivity contribution in [3.05, 3.63) is 0 Å². The van der Waals surface area contributed by atoms with E-state index in [0.29, 0.717) is 44.9 Å². The fourth-order valence-electron chi connectivity index (χ4n) is 7.19. The van der Waals surface area contributed by atoms with Gasteiger partial charge in [-0.05, 0) is 109 Å². The summed E-state index contributed by atoms with van der Waals surface area (Å²) in [5.74, 6) is -5.04. The number of esters is 4. The minimum Gasteiger partial charge on any atom is -0.462 e. The summed E-state index contributed by atoms with van der Waals surface area (Å²) in [6.07, 6.45) is 16.2. The van der Waals surface area contributed by atoms with Crippen molar-refractivity contribution in [2.75, 3.05) is 0 Å². The second kappa shape index (κ2) is 15.9. The lowest BCUT2D eigenvalue weighted by Crippen LogP contribution is -2.58. The summed E-state index contributed by atoms with van der Waals surface area (Å²) < 4.78 is 24.0. The van der Waals surface area contributed by atoms with Crippen molar-refractivity contribution in [2.45, 2.75) is 173 Å². The van der Waals surface area contributed by atoms with Crippen molar-refractivity contribution < 1.29 is 38.1 Å². The first-order valence-electron chi connectivity index (χ1n) is 16.8. The maximum absolute atomic E-state index is 14.4. The van der Waals surface area contributed by atoms with Crippen LogP contribution in [0.15, 0.2) is 0 Å². The molecule has 0 radical (unpaired) electrons. The molecule has 0 bridgehead atoms. The summed E-state index contributed by atoms with van der Waals surface area (Å²) in [5, 5.41) is 0. The van der Waals surface area contributed by atoms with E-state index in [-0.39, 0.29) is 12.5 Å². The van der Waals surface area contributed by atoms with Gasteiger partial charge < -0.3 is 18.9 Å². The molecular formula is C33H52O8. The average Bonchev–Trinajstić information content (AvgIpc) is 2.99. The van der Waals surface area contributed by atoms with Gasteiger partial charge in [0.15, 0.2) is 0 Å². The number of ether oxygens (including phenoxy) is 4. The van der Waals surface area contributed by atoms with Crippen LogP contribution in [0.2, 0.25) is 0 Å². The first-order valence-corrected chi connectivity index (χ1v) is 16.8. The van der Waals surface area contributed by atoms with Gasteiger partial charge in [-0.3, -0.25) is 19.2 Å². The molecule has 4 aliphatic rings. The van der Waals surface area contributed by atoms with Gasteiger partial charge in [0.25, 0.3) is 5.41 Å². The van der Waals surface area contributed by atoms with E-state index in [0.717, 1.165) is 89.9 Å². The van der Waals surface area contributed by atoms with E-state index in [9.17, 15) is 19.2 Å². The Labute approximate surface area is 245 Å². The third-order valence-corrected chi connectivity index (χ3v) is 9.66. The Hall–Kier alpha value is -2.12. The van der Waals surface area contributed by atoms with Gasteiger partial charge in [0.2, 0.25) is 0 Å². The molecule has 232 valence electrons. The van der Waals surface area contributed by atoms with Crippen molar-refractivity contribution in [2.24, 2.45) is 11.3 Å². The van der Waals surface area contributed by atoms with Crippen molar-refractivity contribution in [3.63, 3.8) is 0 Å². The van der Waals surface area contributed by atoms with Crippen LogP contribution in [0.1, 0.15) is 148 Å². The lowest BCUT2D eigenvalue weighted by atomic mass is 9.72. The molecule has 1 atom stereocenters. The summed E-state index contributed by atoms with van der Waals surface area (Å²) in [7, 11) is 0. The topological polar surface area (TPSA) is 105 Å². The standard InChI is InChI=1S/C33H52O8/c1-2-15-28(29(34)38-24-16-7-3-8-17-24)33(30(35)39-25-18-9-4-10-19-25,31(36)40-26-20-11-5-12-21-26)32(37)41-27-22-13-6-14-23-27/h24-28H,2-23H2,1H3. The van der Waals surface area contributed by atoms with Crippen LogP contribution in [0, 0.1) is 11.3 Å². The summed E-state index contributed by atoms with van der Waals surface area (Å²) >= 11 is 0. The molecule has 0 aromatic heterocycles. The molecule has 0 aromatic rings. The molecule has 0 aromatic carbocycles. The second-order valence-electron chi connectivity index (χ2n) is 12.8.